The summed E-state index contributed by atoms with van der Waals surface area (Å²) < 4.78 is 12.9. The molecule has 2 aromatic carbocycles. The number of benzene rings is 2. The second-order valence-corrected chi connectivity index (χ2v) is 5.04. The van der Waals surface area contributed by atoms with Crippen molar-refractivity contribution in [3.8, 4) is 6.07 Å². The van der Waals surface area contributed by atoms with Gasteiger partial charge < -0.3 is 5.32 Å². The Hall–Kier alpha value is -3.53. The molecule has 3 aromatic rings. The highest BCUT2D eigenvalue weighted by Crippen LogP contribution is 2.19. The van der Waals surface area contributed by atoms with Gasteiger partial charge in [0.1, 0.15) is 11.5 Å². The predicted molar refractivity (Wildman–Crippen MR) is 84.6 cm³/mol. The third-order valence-electron chi connectivity index (χ3n) is 3.47. The molecule has 0 saturated heterocycles. The Morgan fingerprint density at radius 2 is 1.88 bits per heavy atom. The molecule has 24 heavy (non-hydrogen) atoms. The first-order valence-corrected chi connectivity index (χ1v) is 7.03. The molecule has 1 heterocycles. The van der Waals surface area contributed by atoms with Crippen molar-refractivity contribution < 1.29 is 14.0 Å². The van der Waals surface area contributed by atoms with Crippen LogP contribution in [0.15, 0.2) is 48.5 Å². The Labute approximate surface area is 135 Å². The standard InChI is InChI=1S/C17H11FN4O2/c18-10-5-7-11(8-6-10)20-17(24)13(9-19)16(23)15-12-3-1-2-4-14(12)21-22-15/h1-8,13H,(H,20,24)(H,21,22). The number of aromatic amines is 1. The molecule has 1 unspecified atom stereocenters. The van der Waals surface area contributed by atoms with Crippen LogP contribution in [-0.2, 0) is 4.79 Å². The molecule has 0 aliphatic carbocycles. The number of carbonyl (C=O) groups excluding carboxylic acids is 2. The fourth-order valence-corrected chi connectivity index (χ4v) is 2.27. The monoisotopic (exact) mass is 322 g/mol. The van der Waals surface area contributed by atoms with Crippen LogP contribution in [0.4, 0.5) is 10.1 Å². The smallest absolute Gasteiger partial charge is 0.249 e. The van der Waals surface area contributed by atoms with Gasteiger partial charge in [-0.3, -0.25) is 14.7 Å². The molecule has 7 heteroatoms. The van der Waals surface area contributed by atoms with E-state index in [4.69, 9.17) is 0 Å². The van der Waals surface area contributed by atoms with E-state index in [1.165, 1.54) is 24.3 Å². The highest BCUT2D eigenvalue weighted by Gasteiger charge is 2.30. The minimum absolute atomic E-state index is 0.0337. The van der Waals surface area contributed by atoms with E-state index >= 15 is 0 Å². The minimum Gasteiger partial charge on any atom is -0.325 e. The number of ketones is 1. The van der Waals surface area contributed by atoms with E-state index in [-0.39, 0.29) is 5.69 Å². The third kappa shape index (κ3) is 2.85. The summed E-state index contributed by atoms with van der Waals surface area (Å²) in [5.74, 6) is -3.50. The van der Waals surface area contributed by atoms with Crippen LogP contribution in [0.2, 0.25) is 0 Å². The molecule has 1 atom stereocenters. The van der Waals surface area contributed by atoms with Crippen LogP contribution in [0.1, 0.15) is 10.5 Å². The minimum atomic E-state index is -1.55. The number of anilines is 1. The molecule has 0 aliphatic heterocycles. The highest BCUT2D eigenvalue weighted by molar-refractivity contribution is 6.18. The number of hydrogen-bond acceptors (Lipinski definition) is 4. The lowest BCUT2D eigenvalue weighted by Gasteiger charge is -2.08. The Bertz CT molecular complexity index is 957. The molecule has 1 aromatic heterocycles. The third-order valence-corrected chi connectivity index (χ3v) is 3.47. The van der Waals surface area contributed by atoms with Gasteiger partial charge in [0.05, 0.1) is 11.6 Å². The molecule has 0 fully saturated rings. The van der Waals surface area contributed by atoms with Gasteiger partial charge in [-0.15, -0.1) is 0 Å². The molecule has 6 nitrogen and oxygen atoms in total. The highest BCUT2D eigenvalue weighted by atomic mass is 19.1. The summed E-state index contributed by atoms with van der Waals surface area (Å²) in [5, 5.41) is 18.8. The molecule has 0 aliphatic rings. The van der Waals surface area contributed by atoms with Crippen LogP contribution >= 0.6 is 0 Å². The lowest BCUT2D eigenvalue weighted by molar-refractivity contribution is -0.117. The van der Waals surface area contributed by atoms with Gasteiger partial charge in [0.15, 0.2) is 5.92 Å². The lowest BCUT2D eigenvalue weighted by Crippen LogP contribution is -2.29. The van der Waals surface area contributed by atoms with Crippen LogP contribution < -0.4 is 5.32 Å². The van der Waals surface area contributed by atoms with Crippen molar-refractivity contribution in [2.24, 2.45) is 5.92 Å². The molecule has 0 spiro atoms. The van der Waals surface area contributed by atoms with Gasteiger partial charge in [0, 0.05) is 11.1 Å². The van der Waals surface area contributed by atoms with Crippen molar-refractivity contribution in [3.63, 3.8) is 0 Å². The summed E-state index contributed by atoms with van der Waals surface area (Å²) in [6.45, 7) is 0. The number of nitrogens with one attached hydrogen (secondary N) is 2. The van der Waals surface area contributed by atoms with Crippen molar-refractivity contribution >= 4 is 28.3 Å². The van der Waals surface area contributed by atoms with Crippen molar-refractivity contribution in [1.82, 2.24) is 10.2 Å². The summed E-state index contributed by atoms with van der Waals surface area (Å²) in [7, 11) is 0. The second-order valence-electron chi connectivity index (χ2n) is 5.04. The molecule has 2 N–H and O–H groups in total. The van der Waals surface area contributed by atoms with Crippen molar-refractivity contribution in [3.05, 3.63) is 60.0 Å². The summed E-state index contributed by atoms with van der Waals surface area (Å²) in [6, 6.07) is 13.6. The van der Waals surface area contributed by atoms with E-state index in [2.05, 4.69) is 15.5 Å². The van der Waals surface area contributed by atoms with E-state index in [9.17, 15) is 19.2 Å². The van der Waals surface area contributed by atoms with Crippen molar-refractivity contribution in [1.29, 1.82) is 5.26 Å². The van der Waals surface area contributed by atoms with Crippen LogP contribution in [0.3, 0.4) is 0 Å². The quantitative estimate of drug-likeness (QED) is 0.570. The SMILES string of the molecule is N#CC(C(=O)Nc1ccc(F)cc1)C(=O)c1n[nH]c2ccccc12. The topological polar surface area (TPSA) is 98.6 Å². The lowest BCUT2D eigenvalue weighted by atomic mass is 10.00. The number of nitriles is 1. The van der Waals surface area contributed by atoms with Crippen LogP contribution in [0.5, 0.6) is 0 Å². The van der Waals surface area contributed by atoms with E-state index in [0.717, 1.165) is 0 Å². The molecule has 0 radical (unpaired) electrons. The van der Waals surface area contributed by atoms with E-state index in [1.807, 2.05) is 0 Å². The number of H-pyrrole nitrogens is 1. The van der Waals surface area contributed by atoms with Gasteiger partial charge in [0.2, 0.25) is 11.7 Å². The molecular weight excluding hydrogens is 311 g/mol. The zero-order chi connectivity index (χ0) is 17.1. The van der Waals surface area contributed by atoms with Gasteiger partial charge in [0.25, 0.3) is 0 Å². The summed E-state index contributed by atoms with van der Waals surface area (Å²) >= 11 is 0. The number of fused-ring (bicyclic) bond motifs is 1. The Kier molecular flexibility index (Phi) is 4.03. The Morgan fingerprint density at radius 1 is 1.17 bits per heavy atom. The second kappa shape index (κ2) is 6.30. The zero-order valence-corrected chi connectivity index (χ0v) is 12.3. The van der Waals surface area contributed by atoms with Crippen molar-refractivity contribution in [2.45, 2.75) is 0 Å². The summed E-state index contributed by atoms with van der Waals surface area (Å²) in [6.07, 6.45) is 0. The number of Topliss-reactive ketones (excluding diaryl/α,β-unsaturated/α-hetero) is 1. The average molecular weight is 322 g/mol. The molecule has 0 bridgehead atoms. The number of para-hydroxylation sites is 1. The van der Waals surface area contributed by atoms with Gasteiger partial charge in [-0.05, 0) is 30.3 Å². The average Bonchev–Trinajstić information content (AvgIpc) is 3.01. The van der Waals surface area contributed by atoms with Crippen LogP contribution in [0.25, 0.3) is 10.9 Å². The molecule has 1 amide bonds. The maximum absolute atomic E-state index is 12.9. The maximum Gasteiger partial charge on any atom is 0.249 e. The number of rotatable bonds is 4. The molecule has 118 valence electrons. The number of hydrogen-bond donors (Lipinski definition) is 2. The summed E-state index contributed by atoms with van der Waals surface area (Å²) in [4.78, 5) is 24.7. The molecule has 0 saturated carbocycles. The summed E-state index contributed by atoms with van der Waals surface area (Å²) in [5.41, 5.74) is 0.962. The number of nitrogens with zero attached hydrogens (tertiary/aromatic N) is 2. The predicted octanol–water partition coefficient (Wildman–Crippen LogP) is 2.66. The number of aromatic nitrogens is 2. The molecular formula is C17H11FN4O2. The first-order valence-electron chi connectivity index (χ1n) is 7.03. The maximum atomic E-state index is 12.9. The van der Waals surface area contributed by atoms with Gasteiger partial charge >= 0.3 is 0 Å². The normalized spacial score (nSPS) is 11.7. The first kappa shape index (κ1) is 15.4. The Balaban J connectivity index is 1.85. The Morgan fingerprint density at radius 3 is 2.58 bits per heavy atom. The van der Waals surface area contributed by atoms with E-state index < -0.39 is 23.4 Å². The fraction of sp³-hybridized carbons (Fsp3) is 0.0588. The van der Waals surface area contributed by atoms with Crippen LogP contribution in [0, 0.1) is 23.1 Å². The number of halogens is 1. The fourth-order valence-electron chi connectivity index (χ4n) is 2.27. The van der Waals surface area contributed by atoms with Crippen LogP contribution in [-0.4, -0.2) is 21.9 Å². The van der Waals surface area contributed by atoms with Gasteiger partial charge in [-0.2, -0.15) is 10.4 Å². The zero-order valence-electron chi connectivity index (χ0n) is 12.3. The van der Waals surface area contributed by atoms with Crippen molar-refractivity contribution in [2.75, 3.05) is 5.32 Å². The number of carbonyl (C=O) groups is 2. The van der Waals surface area contributed by atoms with Gasteiger partial charge in [-0.25, -0.2) is 4.39 Å². The van der Waals surface area contributed by atoms with Gasteiger partial charge in [-0.1, -0.05) is 18.2 Å². The number of amides is 1. The van der Waals surface area contributed by atoms with E-state index in [0.29, 0.717) is 16.6 Å². The molecule has 3 rings (SSSR count). The largest absolute Gasteiger partial charge is 0.325 e. The van der Waals surface area contributed by atoms with E-state index in [1.54, 1.807) is 30.3 Å². The first-order chi connectivity index (χ1) is 11.6.